The van der Waals surface area contributed by atoms with Gasteiger partial charge in [-0.1, -0.05) is 13.8 Å². The summed E-state index contributed by atoms with van der Waals surface area (Å²) in [5, 5.41) is 4.86. The number of rotatable bonds is 8. The van der Waals surface area contributed by atoms with Gasteiger partial charge in [0.1, 0.15) is 12.1 Å². The van der Waals surface area contributed by atoms with Crippen molar-refractivity contribution in [2.24, 2.45) is 11.7 Å². The molecular formula is C15H21BN4O5. The van der Waals surface area contributed by atoms with Crippen LogP contribution in [0.5, 0.6) is 0 Å². The Morgan fingerprint density at radius 2 is 1.60 bits per heavy atom. The number of hydrogen-bond acceptors (Lipinski definition) is 6. The molecule has 0 aliphatic carbocycles. The Hall–Kier alpha value is -2.49. The van der Waals surface area contributed by atoms with E-state index in [1.807, 2.05) is 0 Å². The Labute approximate surface area is 146 Å². The highest BCUT2D eigenvalue weighted by Gasteiger charge is 2.37. The third-order valence-corrected chi connectivity index (χ3v) is 3.71. The van der Waals surface area contributed by atoms with Crippen LogP contribution in [-0.2, 0) is 24.0 Å². The van der Waals surface area contributed by atoms with Crippen molar-refractivity contribution in [2.45, 2.75) is 38.9 Å². The molecule has 25 heavy (non-hydrogen) atoms. The van der Waals surface area contributed by atoms with Crippen LogP contribution in [0.2, 0.25) is 0 Å². The first kappa shape index (κ1) is 20.6. The molecule has 3 atom stereocenters. The van der Waals surface area contributed by atoms with Crippen LogP contribution < -0.4 is 16.4 Å². The summed E-state index contributed by atoms with van der Waals surface area (Å²) in [7, 11) is 5.10. The summed E-state index contributed by atoms with van der Waals surface area (Å²) in [4.78, 5) is 60.0. The standard InChI is InChI=1S/C15H21BN4O5/c1-7(2)12(15(25)18-8(3)13(16)23)19-14(24)9(6-17)20-10(21)4-5-11(20)22/h4-5,7-9,12H,6,17H2,1-3H3,(H,18,25)(H,19,24)/t8-,9?,12?/m0/s1. The van der Waals surface area contributed by atoms with E-state index in [9.17, 15) is 24.0 Å². The van der Waals surface area contributed by atoms with Gasteiger partial charge in [-0.15, -0.1) is 0 Å². The van der Waals surface area contributed by atoms with Crippen LogP contribution >= 0.6 is 0 Å². The van der Waals surface area contributed by atoms with Crippen LogP contribution in [0.3, 0.4) is 0 Å². The van der Waals surface area contributed by atoms with Crippen LogP contribution in [0.1, 0.15) is 20.8 Å². The number of nitrogens with zero attached hydrogens (tertiary/aromatic N) is 1. The fourth-order valence-electron chi connectivity index (χ4n) is 2.21. The number of carbonyl (C=O) groups excluding carboxylic acids is 5. The zero-order valence-corrected chi connectivity index (χ0v) is 14.3. The molecular weight excluding hydrogens is 327 g/mol. The maximum Gasteiger partial charge on any atom is 0.254 e. The van der Waals surface area contributed by atoms with Crippen LogP contribution in [0.15, 0.2) is 12.2 Å². The summed E-state index contributed by atoms with van der Waals surface area (Å²) in [6.45, 7) is 4.49. The third kappa shape index (κ3) is 4.99. The molecule has 0 spiro atoms. The lowest BCUT2D eigenvalue weighted by Gasteiger charge is -2.28. The lowest BCUT2D eigenvalue weighted by Crippen LogP contribution is -2.59. The predicted molar refractivity (Wildman–Crippen MR) is 89.0 cm³/mol. The largest absolute Gasteiger partial charge is 0.346 e. The average molecular weight is 348 g/mol. The monoisotopic (exact) mass is 348 g/mol. The number of hydrogen-bond donors (Lipinski definition) is 3. The Bertz CT molecular complexity index is 601. The van der Waals surface area contributed by atoms with Crippen LogP contribution in [-0.4, -0.2) is 66.7 Å². The summed E-state index contributed by atoms with van der Waals surface area (Å²) >= 11 is 0. The van der Waals surface area contributed by atoms with Gasteiger partial charge >= 0.3 is 0 Å². The van der Waals surface area contributed by atoms with Crippen molar-refractivity contribution in [1.29, 1.82) is 0 Å². The van der Waals surface area contributed by atoms with Gasteiger partial charge in [0.05, 0.1) is 11.7 Å². The second-order valence-corrected chi connectivity index (χ2v) is 5.99. The molecule has 4 amide bonds. The lowest BCUT2D eigenvalue weighted by atomic mass is 9.95. The van der Waals surface area contributed by atoms with Crippen LogP contribution in [0.25, 0.3) is 0 Å². The highest BCUT2D eigenvalue weighted by atomic mass is 16.2. The first-order valence-electron chi connectivity index (χ1n) is 7.75. The fourth-order valence-corrected chi connectivity index (χ4v) is 2.21. The molecule has 0 bridgehead atoms. The van der Waals surface area contributed by atoms with Crippen molar-refractivity contribution in [1.82, 2.24) is 15.5 Å². The molecule has 10 heteroatoms. The molecule has 1 rings (SSSR count). The van der Waals surface area contributed by atoms with Gasteiger partial charge in [0.2, 0.25) is 11.8 Å². The van der Waals surface area contributed by atoms with Gasteiger partial charge in [-0.3, -0.25) is 24.1 Å². The SMILES string of the molecule is [B]C(=O)[C@H](C)NC(=O)C(NC(=O)C(CN)N1C(=O)C=CC1=O)C(C)C. The minimum absolute atomic E-state index is 0.297. The Kier molecular flexibility index (Phi) is 7.04. The molecule has 1 aliphatic heterocycles. The van der Waals surface area contributed by atoms with Crippen LogP contribution in [0, 0.1) is 5.92 Å². The summed E-state index contributed by atoms with van der Waals surface area (Å²) in [6, 6.07) is -3.15. The molecule has 1 aliphatic rings. The van der Waals surface area contributed by atoms with Crippen molar-refractivity contribution < 1.29 is 24.0 Å². The van der Waals surface area contributed by atoms with Crippen molar-refractivity contribution in [3.63, 3.8) is 0 Å². The van der Waals surface area contributed by atoms with E-state index in [2.05, 4.69) is 10.6 Å². The molecule has 9 nitrogen and oxygen atoms in total. The zero-order valence-electron chi connectivity index (χ0n) is 14.3. The molecule has 2 unspecified atom stereocenters. The summed E-state index contributed by atoms with van der Waals surface area (Å²) in [5.74, 6) is -2.98. The topological polar surface area (TPSA) is 139 Å². The molecule has 4 N–H and O–H groups in total. The first-order valence-corrected chi connectivity index (χ1v) is 7.75. The van der Waals surface area contributed by atoms with Gasteiger partial charge in [0, 0.05) is 18.7 Å². The molecule has 2 radical (unpaired) electrons. The van der Waals surface area contributed by atoms with Crippen LogP contribution in [0.4, 0.5) is 0 Å². The van der Waals surface area contributed by atoms with E-state index in [-0.39, 0.29) is 12.5 Å². The summed E-state index contributed by atoms with van der Waals surface area (Å²) in [6.07, 6.45) is 2.08. The van der Waals surface area contributed by atoms with Gasteiger partial charge in [-0.25, -0.2) is 0 Å². The molecule has 0 fully saturated rings. The van der Waals surface area contributed by atoms with E-state index in [1.165, 1.54) is 6.92 Å². The van der Waals surface area contributed by atoms with Crippen molar-refractivity contribution in [2.75, 3.05) is 6.54 Å². The third-order valence-electron chi connectivity index (χ3n) is 3.71. The van der Waals surface area contributed by atoms with E-state index < -0.39 is 47.4 Å². The number of imide groups is 1. The Morgan fingerprint density at radius 1 is 1.08 bits per heavy atom. The predicted octanol–water partition coefficient (Wildman–Crippen LogP) is -2.42. The smallest absolute Gasteiger partial charge is 0.254 e. The summed E-state index contributed by atoms with van der Waals surface area (Å²) < 4.78 is 0. The molecule has 0 aromatic rings. The lowest BCUT2D eigenvalue weighted by molar-refractivity contribution is -0.145. The quantitative estimate of drug-likeness (QED) is 0.330. The van der Waals surface area contributed by atoms with E-state index in [4.69, 9.17) is 13.6 Å². The van der Waals surface area contributed by atoms with Crippen molar-refractivity contribution in [3.8, 4) is 0 Å². The van der Waals surface area contributed by atoms with E-state index in [1.54, 1.807) is 13.8 Å². The minimum Gasteiger partial charge on any atom is -0.346 e. The molecule has 0 aromatic carbocycles. The maximum atomic E-state index is 12.5. The van der Waals surface area contributed by atoms with E-state index in [0.717, 1.165) is 17.1 Å². The minimum atomic E-state index is -1.24. The van der Waals surface area contributed by atoms with Gasteiger partial charge in [-0.2, -0.15) is 0 Å². The van der Waals surface area contributed by atoms with E-state index >= 15 is 0 Å². The maximum absolute atomic E-state index is 12.5. The first-order chi connectivity index (χ1) is 11.6. The molecule has 0 saturated carbocycles. The van der Waals surface area contributed by atoms with Crippen molar-refractivity contribution in [3.05, 3.63) is 12.2 Å². The second kappa shape index (κ2) is 8.56. The normalized spacial score (nSPS) is 17.4. The molecule has 0 aromatic heterocycles. The Morgan fingerprint density at radius 3 is 2.00 bits per heavy atom. The Balaban J connectivity index is 2.87. The number of nitrogens with one attached hydrogen (secondary N) is 2. The highest BCUT2D eigenvalue weighted by Crippen LogP contribution is 2.10. The average Bonchev–Trinajstić information content (AvgIpc) is 2.85. The van der Waals surface area contributed by atoms with Gasteiger partial charge < -0.3 is 21.2 Å². The highest BCUT2D eigenvalue weighted by molar-refractivity contribution is 6.59. The van der Waals surface area contributed by atoms with Gasteiger partial charge in [-0.05, 0) is 12.8 Å². The molecule has 134 valence electrons. The second-order valence-electron chi connectivity index (χ2n) is 5.99. The van der Waals surface area contributed by atoms with Gasteiger partial charge in [0.15, 0.2) is 7.85 Å². The zero-order chi connectivity index (χ0) is 19.3. The summed E-state index contributed by atoms with van der Waals surface area (Å²) in [5.41, 5.74) is 4.81. The number of carbonyl (C=O) groups is 5. The number of nitrogens with two attached hydrogens (primary N) is 1. The van der Waals surface area contributed by atoms with Gasteiger partial charge in [0.25, 0.3) is 11.8 Å². The number of amides is 4. The van der Waals surface area contributed by atoms with E-state index in [0.29, 0.717) is 0 Å². The molecule has 0 saturated heterocycles. The van der Waals surface area contributed by atoms with Crippen molar-refractivity contribution >= 4 is 37.2 Å². The fraction of sp³-hybridized carbons (Fsp3) is 0.533. The molecule has 1 heterocycles.